The van der Waals surface area contributed by atoms with Crippen LogP contribution >= 0.6 is 11.6 Å². The number of fused-ring (bicyclic) bond motifs is 3. The molecule has 112 valence electrons. The van der Waals surface area contributed by atoms with E-state index in [1.54, 1.807) is 24.4 Å². The van der Waals surface area contributed by atoms with Gasteiger partial charge in [0.1, 0.15) is 11.5 Å². The maximum Gasteiger partial charge on any atom is 0.138 e. The molecule has 23 heavy (non-hydrogen) atoms. The average Bonchev–Trinajstić information content (AvgIpc) is 2.92. The number of pyridine rings is 1. The summed E-state index contributed by atoms with van der Waals surface area (Å²) < 4.78 is 14.0. The zero-order valence-corrected chi connectivity index (χ0v) is 12.9. The monoisotopic (exact) mass is 322 g/mol. The highest BCUT2D eigenvalue weighted by Gasteiger charge is 2.11. The molecule has 0 aliphatic carbocycles. The number of aromatic nitrogens is 2. The molecular formula is C19H12ClFN2. The van der Waals surface area contributed by atoms with Crippen LogP contribution in [0, 0.1) is 5.82 Å². The maximum absolute atomic E-state index is 14.0. The molecule has 2 nitrogen and oxygen atoms in total. The summed E-state index contributed by atoms with van der Waals surface area (Å²) in [5.74, 6) is -0.277. The Morgan fingerprint density at radius 3 is 2.74 bits per heavy atom. The van der Waals surface area contributed by atoms with Gasteiger partial charge in [0.25, 0.3) is 0 Å². The fourth-order valence-electron chi connectivity index (χ4n) is 2.80. The molecule has 2 aromatic carbocycles. The summed E-state index contributed by atoms with van der Waals surface area (Å²) in [6.07, 6.45) is 1.61. The Morgan fingerprint density at radius 1 is 1.09 bits per heavy atom. The van der Waals surface area contributed by atoms with E-state index in [9.17, 15) is 4.39 Å². The van der Waals surface area contributed by atoms with Gasteiger partial charge < -0.3 is 4.98 Å². The number of benzene rings is 2. The van der Waals surface area contributed by atoms with E-state index < -0.39 is 0 Å². The molecule has 4 rings (SSSR count). The molecule has 0 aliphatic heterocycles. The van der Waals surface area contributed by atoms with Gasteiger partial charge in [-0.05, 0) is 35.4 Å². The van der Waals surface area contributed by atoms with Crippen LogP contribution in [0.15, 0.2) is 61.3 Å². The molecule has 4 aromatic rings. The lowest BCUT2D eigenvalue weighted by atomic mass is 9.97. The van der Waals surface area contributed by atoms with Crippen LogP contribution in [0.25, 0.3) is 27.5 Å². The Balaban J connectivity index is 1.91. The smallest absolute Gasteiger partial charge is 0.138 e. The Hall–Kier alpha value is -2.65. The van der Waals surface area contributed by atoms with E-state index in [-0.39, 0.29) is 5.82 Å². The lowest BCUT2D eigenvalue weighted by molar-refractivity contribution is 0.624. The lowest BCUT2D eigenvalue weighted by Crippen LogP contribution is -1.90. The molecule has 0 fully saturated rings. The Kier molecular flexibility index (Phi) is 3.17. The Bertz CT molecular complexity index is 1070. The summed E-state index contributed by atoms with van der Waals surface area (Å²) in [5.41, 5.74) is 3.75. The molecule has 0 aliphatic rings. The third-order valence-corrected chi connectivity index (χ3v) is 4.17. The van der Waals surface area contributed by atoms with Crippen LogP contribution < -0.4 is 0 Å². The third-order valence-electron chi connectivity index (χ3n) is 3.96. The molecule has 0 radical (unpaired) electrons. The molecule has 2 heterocycles. The van der Waals surface area contributed by atoms with Crippen molar-refractivity contribution >= 4 is 39.1 Å². The normalized spacial score (nSPS) is 11.2. The molecule has 0 unspecified atom stereocenters. The molecule has 0 amide bonds. The van der Waals surface area contributed by atoms with Crippen molar-refractivity contribution < 1.29 is 4.39 Å². The van der Waals surface area contributed by atoms with Crippen LogP contribution in [0.2, 0.25) is 5.02 Å². The first-order valence-corrected chi connectivity index (χ1v) is 7.52. The van der Waals surface area contributed by atoms with E-state index >= 15 is 0 Å². The van der Waals surface area contributed by atoms with Gasteiger partial charge in [0.15, 0.2) is 0 Å². The van der Waals surface area contributed by atoms with E-state index in [1.807, 2.05) is 24.3 Å². The van der Waals surface area contributed by atoms with E-state index in [1.165, 1.54) is 6.07 Å². The second kappa shape index (κ2) is 5.21. The Labute approximate surface area is 137 Å². The summed E-state index contributed by atoms with van der Waals surface area (Å²) in [6, 6.07) is 14.4. The van der Waals surface area contributed by atoms with Crippen LogP contribution in [0.4, 0.5) is 4.39 Å². The number of nitrogens with zero attached hydrogens (tertiary/aromatic N) is 1. The maximum atomic E-state index is 14.0. The summed E-state index contributed by atoms with van der Waals surface area (Å²) in [4.78, 5) is 7.54. The van der Waals surface area contributed by atoms with Crippen LogP contribution in [0.1, 0.15) is 11.1 Å². The van der Waals surface area contributed by atoms with Gasteiger partial charge in [0.2, 0.25) is 0 Å². The van der Waals surface area contributed by atoms with Crippen molar-refractivity contribution in [1.82, 2.24) is 9.97 Å². The largest absolute Gasteiger partial charge is 0.339 e. The first-order chi connectivity index (χ1) is 11.1. The van der Waals surface area contributed by atoms with Crippen molar-refractivity contribution in [2.24, 2.45) is 0 Å². The van der Waals surface area contributed by atoms with Crippen molar-refractivity contribution in [3.63, 3.8) is 0 Å². The van der Waals surface area contributed by atoms with Gasteiger partial charge in [0.05, 0.1) is 5.02 Å². The highest BCUT2D eigenvalue weighted by atomic mass is 35.5. The van der Waals surface area contributed by atoms with Crippen molar-refractivity contribution in [3.05, 3.63) is 83.3 Å². The topological polar surface area (TPSA) is 28.7 Å². The SMILES string of the molecule is C=C(c1ccc2[nH]c3ncc(Cl)cc3c2c1)c1ccccc1F. The standard InChI is InChI=1S/C19H12ClFN2/c1-11(14-4-2-3-5-17(14)21)12-6-7-18-15(8-12)16-9-13(20)10-22-19(16)23-18/h2-10H,1H2,(H,22,23). The summed E-state index contributed by atoms with van der Waals surface area (Å²) in [6.45, 7) is 4.05. The van der Waals surface area contributed by atoms with Crippen molar-refractivity contribution in [2.45, 2.75) is 0 Å². The molecule has 0 bridgehead atoms. The third kappa shape index (κ3) is 2.30. The minimum absolute atomic E-state index is 0.277. The molecular weight excluding hydrogens is 311 g/mol. The minimum Gasteiger partial charge on any atom is -0.339 e. The highest BCUT2D eigenvalue weighted by molar-refractivity contribution is 6.31. The molecule has 2 aromatic heterocycles. The second-order valence-corrected chi connectivity index (χ2v) is 5.83. The second-order valence-electron chi connectivity index (χ2n) is 5.39. The fourth-order valence-corrected chi connectivity index (χ4v) is 2.95. The van der Waals surface area contributed by atoms with Crippen LogP contribution in [0.5, 0.6) is 0 Å². The lowest BCUT2D eigenvalue weighted by Gasteiger charge is -2.08. The van der Waals surface area contributed by atoms with Gasteiger partial charge >= 0.3 is 0 Å². The van der Waals surface area contributed by atoms with Crippen LogP contribution in [0.3, 0.4) is 0 Å². The van der Waals surface area contributed by atoms with E-state index in [2.05, 4.69) is 16.5 Å². The van der Waals surface area contributed by atoms with Crippen molar-refractivity contribution in [1.29, 1.82) is 0 Å². The van der Waals surface area contributed by atoms with Gasteiger partial charge in [-0.1, -0.05) is 42.4 Å². The molecule has 1 N–H and O–H groups in total. The molecule has 0 saturated heterocycles. The zero-order valence-electron chi connectivity index (χ0n) is 12.1. The van der Waals surface area contributed by atoms with Gasteiger partial charge in [-0.2, -0.15) is 0 Å². The number of aromatic amines is 1. The van der Waals surface area contributed by atoms with E-state index in [0.717, 1.165) is 27.5 Å². The van der Waals surface area contributed by atoms with Gasteiger partial charge in [0, 0.05) is 28.0 Å². The van der Waals surface area contributed by atoms with Gasteiger partial charge in [-0.15, -0.1) is 0 Å². The first kappa shape index (κ1) is 14.0. The van der Waals surface area contributed by atoms with E-state index in [0.29, 0.717) is 16.2 Å². The number of H-pyrrole nitrogens is 1. The van der Waals surface area contributed by atoms with Gasteiger partial charge in [-0.25, -0.2) is 9.37 Å². The molecule has 4 heteroatoms. The number of halogens is 2. The van der Waals surface area contributed by atoms with E-state index in [4.69, 9.17) is 11.6 Å². The zero-order chi connectivity index (χ0) is 16.0. The Morgan fingerprint density at radius 2 is 1.91 bits per heavy atom. The minimum atomic E-state index is -0.277. The molecule has 0 atom stereocenters. The van der Waals surface area contributed by atoms with Crippen LogP contribution in [-0.2, 0) is 0 Å². The predicted octanol–water partition coefficient (Wildman–Crippen LogP) is 5.57. The number of hydrogen-bond acceptors (Lipinski definition) is 1. The molecule has 0 spiro atoms. The fraction of sp³-hybridized carbons (Fsp3) is 0. The first-order valence-electron chi connectivity index (χ1n) is 7.14. The highest BCUT2D eigenvalue weighted by Crippen LogP contribution is 2.31. The van der Waals surface area contributed by atoms with Gasteiger partial charge in [-0.3, -0.25) is 0 Å². The average molecular weight is 323 g/mol. The molecule has 0 saturated carbocycles. The quantitative estimate of drug-likeness (QED) is 0.513. The predicted molar refractivity (Wildman–Crippen MR) is 93.1 cm³/mol. The van der Waals surface area contributed by atoms with Crippen LogP contribution in [-0.4, -0.2) is 9.97 Å². The number of hydrogen-bond donors (Lipinski definition) is 1. The van der Waals surface area contributed by atoms with Crippen molar-refractivity contribution in [3.8, 4) is 0 Å². The summed E-state index contributed by atoms with van der Waals surface area (Å²) in [5, 5.41) is 2.51. The van der Waals surface area contributed by atoms with Crippen molar-refractivity contribution in [2.75, 3.05) is 0 Å². The summed E-state index contributed by atoms with van der Waals surface area (Å²) >= 11 is 6.05. The number of nitrogens with one attached hydrogen (secondary N) is 1. The summed E-state index contributed by atoms with van der Waals surface area (Å²) in [7, 11) is 0. The number of rotatable bonds is 2.